The lowest BCUT2D eigenvalue weighted by Gasteiger charge is -2.16. The van der Waals surface area contributed by atoms with Crippen molar-refractivity contribution in [1.82, 2.24) is 0 Å². The maximum atomic E-state index is 12.8. The van der Waals surface area contributed by atoms with Gasteiger partial charge in [-0.05, 0) is 35.7 Å². The largest absolute Gasteiger partial charge is 0.381 e. The van der Waals surface area contributed by atoms with Crippen molar-refractivity contribution >= 4 is 11.6 Å². The first-order chi connectivity index (χ1) is 6.32. The van der Waals surface area contributed by atoms with Crippen molar-refractivity contribution in [3.05, 3.63) is 35.1 Å². The van der Waals surface area contributed by atoms with E-state index in [1.807, 2.05) is 0 Å². The van der Waals surface area contributed by atoms with E-state index < -0.39 is 17.3 Å². The molecule has 0 radical (unpaired) electrons. The Morgan fingerprint density at radius 2 is 2.00 bits per heavy atom. The molecular weight excluding hydrogens is 217 g/mol. The minimum atomic E-state index is -3.75. The van der Waals surface area contributed by atoms with Crippen molar-refractivity contribution < 1.29 is 18.3 Å². The fourth-order valence-corrected chi connectivity index (χ4v) is 1.15. The lowest BCUT2D eigenvalue weighted by Crippen LogP contribution is -2.19. The third-order valence-corrected chi connectivity index (χ3v) is 2.01. The van der Waals surface area contributed by atoms with E-state index in [1.54, 1.807) is 0 Å². The minimum absolute atomic E-state index is 0.107. The second-order valence-corrected chi connectivity index (χ2v) is 3.46. The van der Waals surface area contributed by atoms with E-state index in [2.05, 4.69) is 11.6 Å². The average Bonchev–Trinajstić information content (AvgIpc) is 2.07. The maximum absolute atomic E-state index is 12.8. The van der Waals surface area contributed by atoms with Gasteiger partial charge < -0.3 is 5.11 Å². The third kappa shape index (κ3) is 2.39. The molecule has 0 aliphatic rings. The van der Waals surface area contributed by atoms with Crippen LogP contribution in [0.5, 0.6) is 0 Å². The van der Waals surface area contributed by atoms with E-state index in [9.17, 15) is 13.2 Å². The van der Waals surface area contributed by atoms with E-state index in [1.165, 1.54) is 6.92 Å². The highest BCUT2D eigenvalue weighted by Gasteiger charge is 2.36. The predicted octanol–water partition coefficient (Wildman–Crippen LogP) is 3.00. The Bertz CT molecular complexity index is 335. The number of aliphatic hydroxyl groups is 1. The fourth-order valence-electron chi connectivity index (χ4n) is 1.03. The molecule has 0 saturated carbocycles. The molecule has 0 aromatic heterocycles. The zero-order chi connectivity index (χ0) is 10.9. The Morgan fingerprint density at radius 3 is 2.43 bits per heavy atom. The molecule has 0 saturated heterocycles. The van der Waals surface area contributed by atoms with Crippen molar-refractivity contribution in [2.24, 2.45) is 0 Å². The normalized spacial score (nSPS) is 14.1. The van der Waals surface area contributed by atoms with Crippen LogP contribution in [0.1, 0.15) is 17.2 Å². The van der Waals surface area contributed by atoms with Gasteiger partial charge in [-0.15, -0.1) is 0 Å². The summed E-state index contributed by atoms with van der Waals surface area (Å²) in [5, 5.41) is 5.32. The number of hydrogen-bond acceptors (Lipinski definition) is 1. The molecule has 1 aromatic rings. The van der Waals surface area contributed by atoms with Gasteiger partial charge in [-0.2, -0.15) is 8.78 Å². The van der Waals surface area contributed by atoms with E-state index >= 15 is 0 Å². The van der Waals surface area contributed by atoms with Crippen molar-refractivity contribution in [3.8, 4) is 0 Å². The molecule has 1 rings (SSSR count). The quantitative estimate of drug-likeness (QED) is 0.766. The van der Waals surface area contributed by atoms with Gasteiger partial charge in [-0.3, -0.25) is 0 Å². The molecule has 1 atom stereocenters. The van der Waals surface area contributed by atoms with Crippen LogP contribution in [0.3, 0.4) is 0 Å². The molecule has 78 valence electrons. The number of hydrogen-bond donors (Lipinski definition) is 1. The fraction of sp³-hybridized carbons (Fsp3) is 0.333. The molecule has 0 fully saturated rings. The molecule has 1 nitrogen and oxygen atoms in total. The van der Waals surface area contributed by atoms with E-state index in [4.69, 9.17) is 5.11 Å². The zero-order valence-corrected chi connectivity index (χ0v) is 8.02. The molecule has 0 amide bonds. The average molecular weight is 225 g/mol. The lowest BCUT2D eigenvalue weighted by molar-refractivity contribution is -0.0425. The predicted molar refractivity (Wildman–Crippen MR) is 46.9 cm³/mol. The van der Waals surface area contributed by atoms with Crippen molar-refractivity contribution in [2.75, 3.05) is 0 Å². The summed E-state index contributed by atoms with van der Waals surface area (Å²) in [7, 11) is 0. The molecule has 0 bridgehead atoms. The van der Waals surface area contributed by atoms with Crippen LogP contribution in [-0.4, -0.2) is 10.5 Å². The number of aliphatic hydroxyl groups excluding tert-OH is 1. The van der Waals surface area contributed by atoms with Gasteiger partial charge in [-0.25, -0.2) is 4.39 Å². The van der Waals surface area contributed by atoms with E-state index in [0.717, 1.165) is 18.2 Å². The van der Waals surface area contributed by atoms with Gasteiger partial charge in [0.2, 0.25) is 0 Å². The van der Waals surface area contributed by atoms with Crippen LogP contribution in [0, 0.1) is 12.7 Å². The molecule has 14 heavy (non-hydrogen) atoms. The summed E-state index contributed by atoms with van der Waals surface area (Å²) in [4.78, 5) is 0. The van der Waals surface area contributed by atoms with Crippen LogP contribution in [0.15, 0.2) is 18.2 Å². The molecule has 1 N–H and O–H groups in total. The molecule has 0 aliphatic heterocycles. The van der Waals surface area contributed by atoms with Gasteiger partial charge in [0.25, 0.3) is 0 Å². The van der Waals surface area contributed by atoms with Gasteiger partial charge >= 0.3 is 5.38 Å². The zero-order valence-electron chi connectivity index (χ0n) is 7.27. The molecule has 0 aliphatic carbocycles. The summed E-state index contributed by atoms with van der Waals surface area (Å²) in [6.45, 7) is 1.41. The first-order valence-electron chi connectivity index (χ1n) is 3.83. The van der Waals surface area contributed by atoms with Crippen LogP contribution in [0.2, 0.25) is 0 Å². The van der Waals surface area contributed by atoms with Gasteiger partial charge in [-0.1, -0.05) is 12.1 Å². The molecule has 5 heteroatoms. The Labute approximate surface area is 84.1 Å². The smallest absolute Gasteiger partial charge is 0.351 e. The SMILES string of the molecule is Cc1cc(C(O)C(F)(F)Cl)ccc1F. The molecule has 1 aromatic carbocycles. The monoisotopic (exact) mass is 224 g/mol. The highest BCUT2D eigenvalue weighted by atomic mass is 35.5. The second kappa shape index (κ2) is 3.79. The van der Waals surface area contributed by atoms with Crippen molar-refractivity contribution in [3.63, 3.8) is 0 Å². The molecule has 0 spiro atoms. The van der Waals surface area contributed by atoms with Crippen LogP contribution in [-0.2, 0) is 0 Å². The van der Waals surface area contributed by atoms with Crippen LogP contribution >= 0.6 is 11.6 Å². The van der Waals surface area contributed by atoms with E-state index in [-0.39, 0.29) is 11.1 Å². The number of halogens is 4. The maximum Gasteiger partial charge on any atom is 0.351 e. The van der Waals surface area contributed by atoms with Crippen molar-refractivity contribution in [1.29, 1.82) is 0 Å². The highest BCUT2D eigenvalue weighted by Crippen LogP contribution is 2.35. The standard InChI is InChI=1S/C9H8ClF3O/c1-5-4-6(2-3-7(5)11)8(14)9(10,12)13/h2-4,8,14H,1H3. The number of benzene rings is 1. The second-order valence-electron chi connectivity index (χ2n) is 2.95. The van der Waals surface area contributed by atoms with Crippen molar-refractivity contribution in [2.45, 2.75) is 18.4 Å². The van der Waals surface area contributed by atoms with Crippen LogP contribution in [0.25, 0.3) is 0 Å². The molecule has 0 heterocycles. The number of aryl methyl sites for hydroxylation is 1. The number of rotatable bonds is 2. The van der Waals surface area contributed by atoms with Gasteiger partial charge in [0.05, 0.1) is 0 Å². The van der Waals surface area contributed by atoms with E-state index in [0.29, 0.717) is 0 Å². The first kappa shape index (κ1) is 11.3. The Morgan fingerprint density at radius 1 is 1.43 bits per heavy atom. The Kier molecular flexibility index (Phi) is 3.07. The molecule has 1 unspecified atom stereocenters. The van der Waals surface area contributed by atoms with Gasteiger partial charge in [0.1, 0.15) is 5.82 Å². The lowest BCUT2D eigenvalue weighted by atomic mass is 10.1. The van der Waals surface area contributed by atoms with Gasteiger partial charge in [0, 0.05) is 0 Å². The highest BCUT2D eigenvalue weighted by molar-refractivity contribution is 6.22. The van der Waals surface area contributed by atoms with Crippen LogP contribution in [0.4, 0.5) is 13.2 Å². The summed E-state index contributed by atoms with van der Waals surface area (Å²) in [6, 6.07) is 3.22. The van der Waals surface area contributed by atoms with Gasteiger partial charge in [0.15, 0.2) is 6.10 Å². The Balaban J connectivity index is 3.03. The molecular formula is C9H8ClF3O. The number of alkyl halides is 3. The first-order valence-corrected chi connectivity index (χ1v) is 4.21. The third-order valence-electron chi connectivity index (χ3n) is 1.81. The summed E-state index contributed by atoms with van der Waals surface area (Å²) in [6.07, 6.45) is -2.12. The minimum Gasteiger partial charge on any atom is -0.381 e. The summed E-state index contributed by atoms with van der Waals surface area (Å²) < 4.78 is 37.7. The Hall–Kier alpha value is -0.740. The summed E-state index contributed by atoms with van der Waals surface area (Å²) in [5.41, 5.74) is 0.0753. The topological polar surface area (TPSA) is 20.2 Å². The van der Waals surface area contributed by atoms with Crippen LogP contribution < -0.4 is 0 Å². The summed E-state index contributed by atoms with van der Waals surface area (Å²) >= 11 is 4.63. The summed E-state index contributed by atoms with van der Waals surface area (Å²) in [5.74, 6) is -0.515.